The van der Waals surface area contributed by atoms with Gasteiger partial charge in [-0.3, -0.25) is 4.99 Å². The third-order valence-corrected chi connectivity index (χ3v) is 3.75. The van der Waals surface area contributed by atoms with Crippen molar-refractivity contribution in [2.75, 3.05) is 38.3 Å². The van der Waals surface area contributed by atoms with Crippen LogP contribution in [0.15, 0.2) is 23.2 Å². The summed E-state index contributed by atoms with van der Waals surface area (Å²) in [7, 11) is 1.66. The van der Waals surface area contributed by atoms with Crippen LogP contribution < -0.4 is 9.64 Å². The van der Waals surface area contributed by atoms with Crippen molar-refractivity contribution in [3.8, 4) is 5.75 Å². The Morgan fingerprint density at radius 3 is 2.70 bits per heavy atom. The number of ether oxygens (including phenoxy) is 2. The van der Waals surface area contributed by atoms with Gasteiger partial charge in [0.05, 0.1) is 31.7 Å². The number of hydrogen-bond acceptors (Lipinski definition) is 4. The SMILES string of the molecule is C=Nc1cc(OC)c(N2CCOCC2)cc1/C(Cl)=C\C. The fourth-order valence-corrected chi connectivity index (χ4v) is 2.40. The summed E-state index contributed by atoms with van der Waals surface area (Å²) in [6.07, 6.45) is 1.85. The molecule has 0 spiro atoms. The zero-order valence-electron chi connectivity index (χ0n) is 11.9. The van der Waals surface area contributed by atoms with Crippen LogP contribution in [-0.4, -0.2) is 40.1 Å². The van der Waals surface area contributed by atoms with Crippen LogP contribution in [0.25, 0.3) is 5.03 Å². The van der Waals surface area contributed by atoms with Crippen molar-refractivity contribution in [3.05, 3.63) is 23.8 Å². The zero-order valence-corrected chi connectivity index (χ0v) is 12.6. The van der Waals surface area contributed by atoms with E-state index in [9.17, 15) is 0 Å². The van der Waals surface area contributed by atoms with Gasteiger partial charge < -0.3 is 14.4 Å². The highest BCUT2D eigenvalue weighted by Crippen LogP contribution is 2.39. The molecular weight excluding hydrogens is 276 g/mol. The van der Waals surface area contributed by atoms with Crippen LogP contribution in [0.1, 0.15) is 12.5 Å². The number of halogens is 1. The predicted molar refractivity (Wildman–Crippen MR) is 84.7 cm³/mol. The summed E-state index contributed by atoms with van der Waals surface area (Å²) < 4.78 is 10.9. The Kier molecular flexibility index (Phi) is 5.04. The monoisotopic (exact) mass is 294 g/mol. The van der Waals surface area contributed by atoms with Gasteiger partial charge in [-0.25, -0.2) is 0 Å². The van der Waals surface area contributed by atoms with E-state index < -0.39 is 0 Å². The molecule has 0 aromatic heterocycles. The predicted octanol–water partition coefficient (Wildman–Crippen LogP) is 3.46. The first-order chi connectivity index (χ1) is 9.71. The summed E-state index contributed by atoms with van der Waals surface area (Å²) in [4.78, 5) is 6.27. The molecule has 1 heterocycles. The Balaban J connectivity index is 2.51. The molecule has 0 saturated carbocycles. The summed E-state index contributed by atoms with van der Waals surface area (Å²) in [6, 6.07) is 3.88. The van der Waals surface area contributed by atoms with E-state index in [4.69, 9.17) is 21.1 Å². The maximum atomic E-state index is 6.27. The molecule has 0 aliphatic carbocycles. The lowest BCUT2D eigenvalue weighted by Crippen LogP contribution is -2.36. The van der Waals surface area contributed by atoms with Crippen molar-refractivity contribution in [2.45, 2.75) is 6.92 Å². The summed E-state index contributed by atoms with van der Waals surface area (Å²) in [5.41, 5.74) is 2.60. The number of anilines is 1. The Morgan fingerprint density at radius 1 is 1.45 bits per heavy atom. The van der Waals surface area contributed by atoms with E-state index in [2.05, 4.69) is 16.6 Å². The maximum Gasteiger partial charge on any atom is 0.144 e. The second-order valence-corrected chi connectivity index (χ2v) is 4.84. The highest BCUT2D eigenvalue weighted by atomic mass is 35.5. The van der Waals surface area contributed by atoms with Gasteiger partial charge in [0.2, 0.25) is 0 Å². The van der Waals surface area contributed by atoms with Crippen molar-refractivity contribution in [3.63, 3.8) is 0 Å². The molecule has 20 heavy (non-hydrogen) atoms. The smallest absolute Gasteiger partial charge is 0.144 e. The second-order valence-electron chi connectivity index (χ2n) is 4.44. The van der Waals surface area contributed by atoms with Crippen LogP contribution >= 0.6 is 11.6 Å². The molecule has 1 aromatic carbocycles. The molecule has 1 saturated heterocycles. The van der Waals surface area contributed by atoms with Crippen LogP contribution in [0, 0.1) is 0 Å². The lowest BCUT2D eigenvalue weighted by atomic mass is 10.1. The molecule has 0 N–H and O–H groups in total. The van der Waals surface area contributed by atoms with Crippen molar-refractivity contribution >= 4 is 34.7 Å². The number of hydrogen-bond donors (Lipinski definition) is 0. The van der Waals surface area contributed by atoms with Crippen LogP contribution in [0.5, 0.6) is 5.75 Å². The molecule has 0 bridgehead atoms. The summed E-state index contributed by atoms with van der Waals surface area (Å²) >= 11 is 6.27. The van der Waals surface area contributed by atoms with Crippen LogP contribution in [-0.2, 0) is 4.74 Å². The molecule has 0 amide bonds. The maximum absolute atomic E-state index is 6.27. The highest BCUT2D eigenvalue weighted by Gasteiger charge is 2.19. The van der Waals surface area contributed by atoms with Gasteiger partial charge in [0.15, 0.2) is 0 Å². The molecule has 1 aliphatic heterocycles. The molecule has 0 radical (unpaired) electrons. The van der Waals surface area contributed by atoms with Gasteiger partial charge in [0, 0.05) is 29.8 Å². The van der Waals surface area contributed by atoms with Crippen molar-refractivity contribution < 1.29 is 9.47 Å². The van der Waals surface area contributed by atoms with E-state index in [-0.39, 0.29) is 0 Å². The highest BCUT2D eigenvalue weighted by molar-refractivity contribution is 6.49. The Bertz CT molecular complexity index is 523. The van der Waals surface area contributed by atoms with Gasteiger partial charge in [-0.15, -0.1) is 0 Å². The number of allylic oxidation sites excluding steroid dienone is 1. The van der Waals surface area contributed by atoms with Crippen molar-refractivity contribution in [1.82, 2.24) is 0 Å². The summed E-state index contributed by atoms with van der Waals surface area (Å²) in [6.45, 7) is 8.61. The minimum Gasteiger partial charge on any atom is -0.495 e. The molecular formula is C15H19ClN2O2. The topological polar surface area (TPSA) is 34.1 Å². The minimum atomic E-state index is 0.657. The molecule has 4 nitrogen and oxygen atoms in total. The summed E-state index contributed by atoms with van der Waals surface area (Å²) in [5, 5.41) is 0.657. The average molecular weight is 295 g/mol. The fourth-order valence-electron chi connectivity index (χ4n) is 2.25. The third kappa shape index (κ3) is 2.97. The van der Waals surface area contributed by atoms with Crippen molar-refractivity contribution in [1.29, 1.82) is 0 Å². The van der Waals surface area contributed by atoms with Gasteiger partial charge >= 0.3 is 0 Å². The largest absolute Gasteiger partial charge is 0.495 e. The number of rotatable bonds is 4. The first-order valence-corrected chi connectivity index (χ1v) is 6.92. The van der Waals surface area contributed by atoms with E-state index in [0.29, 0.717) is 5.03 Å². The van der Waals surface area contributed by atoms with Gasteiger partial charge in [0.25, 0.3) is 0 Å². The lowest BCUT2D eigenvalue weighted by Gasteiger charge is -2.30. The quantitative estimate of drug-likeness (QED) is 0.798. The van der Waals surface area contributed by atoms with Gasteiger partial charge in [-0.1, -0.05) is 17.7 Å². The Morgan fingerprint density at radius 2 is 2.15 bits per heavy atom. The summed E-state index contributed by atoms with van der Waals surface area (Å²) in [5.74, 6) is 0.776. The number of morpholine rings is 1. The normalized spacial score (nSPS) is 16.1. The molecule has 0 atom stereocenters. The van der Waals surface area contributed by atoms with E-state index in [1.165, 1.54) is 0 Å². The van der Waals surface area contributed by atoms with Crippen LogP contribution in [0.2, 0.25) is 0 Å². The van der Waals surface area contributed by atoms with E-state index in [1.54, 1.807) is 7.11 Å². The second kappa shape index (κ2) is 6.77. The van der Waals surface area contributed by atoms with Gasteiger partial charge in [-0.2, -0.15) is 0 Å². The van der Waals surface area contributed by atoms with E-state index in [1.807, 2.05) is 25.1 Å². The Labute approximate surface area is 124 Å². The minimum absolute atomic E-state index is 0.657. The third-order valence-electron chi connectivity index (χ3n) is 3.33. The standard InChI is InChI=1S/C15H19ClN2O2/c1-4-12(16)11-9-14(18-5-7-20-8-6-18)15(19-3)10-13(11)17-2/h4,9-10H,2,5-8H2,1,3H3/b12-4+. The molecule has 1 aliphatic rings. The number of methoxy groups -OCH3 is 1. The molecule has 108 valence electrons. The van der Waals surface area contributed by atoms with Gasteiger partial charge in [0.1, 0.15) is 5.75 Å². The molecule has 1 aromatic rings. The molecule has 5 heteroatoms. The van der Waals surface area contributed by atoms with E-state index >= 15 is 0 Å². The van der Waals surface area contributed by atoms with Crippen LogP contribution in [0.4, 0.5) is 11.4 Å². The van der Waals surface area contributed by atoms with E-state index in [0.717, 1.165) is 49.0 Å². The first-order valence-electron chi connectivity index (χ1n) is 6.55. The number of nitrogens with zero attached hydrogens (tertiary/aromatic N) is 2. The molecule has 1 fully saturated rings. The average Bonchev–Trinajstić information content (AvgIpc) is 2.53. The van der Waals surface area contributed by atoms with Crippen molar-refractivity contribution in [2.24, 2.45) is 4.99 Å². The first kappa shape index (κ1) is 14.9. The van der Waals surface area contributed by atoms with Crippen LogP contribution in [0.3, 0.4) is 0 Å². The zero-order chi connectivity index (χ0) is 14.5. The lowest BCUT2D eigenvalue weighted by molar-refractivity contribution is 0.122. The number of aliphatic imine (C=N–C) groups is 1. The molecule has 0 unspecified atom stereocenters. The van der Waals surface area contributed by atoms with Gasteiger partial charge in [-0.05, 0) is 19.7 Å². The molecule has 2 rings (SSSR count). The fraction of sp³-hybridized carbons (Fsp3) is 0.400. The Hall–Kier alpha value is -1.52. The number of benzene rings is 1.